The van der Waals surface area contributed by atoms with Crippen LogP contribution in [0, 0.1) is 23.7 Å². The third kappa shape index (κ3) is 2.82. The van der Waals surface area contributed by atoms with Gasteiger partial charge in [-0.2, -0.15) is 0 Å². The summed E-state index contributed by atoms with van der Waals surface area (Å²) in [6.45, 7) is 9.44. The van der Waals surface area contributed by atoms with Crippen LogP contribution in [0.3, 0.4) is 0 Å². The minimum atomic E-state index is 0.756. The molecule has 0 radical (unpaired) electrons. The van der Waals surface area contributed by atoms with E-state index in [1.165, 1.54) is 36.8 Å². The van der Waals surface area contributed by atoms with Gasteiger partial charge in [0, 0.05) is 11.4 Å². The Kier molecular flexibility index (Phi) is 4.87. The molecule has 0 heterocycles. The number of fused-ring (bicyclic) bond motifs is 10. The van der Waals surface area contributed by atoms with E-state index in [9.17, 15) is 0 Å². The van der Waals surface area contributed by atoms with E-state index in [4.69, 9.17) is 11.5 Å². The number of nitrogen functional groups attached to an aromatic ring is 2. The van der Waals surface area contributed by atoms with Crippen LogP contribution in [0.5, 0.6) is 0 Å². The van der Waals surface area contributed by atoms with Crippen LogP contribution in [0.2, 0.25) is 0 Å². The zero-order valence-corrected chi connectivity index (χ0v) is 19.1. The average Bonchev–Trinajstić information content (AvgIpc) is 3.46. The van der Waals surface area contributed by atoms with Gasteiger partial charge >= 0.3 is 0 Å². The van der Waals surface area contributed by atoms with E-state index < -0.39 is 0 Å². The van der Waals surface area contributed by atoms with Crippen molar-refractivity contribution in [2.24, 2.45) is 23.7 Å². The molecule has 0 aromatic heterocycles. The van der Waals surface area contributed by atoms with Crippen molar-refractivity contribution in [3.63, 3.8) is 0 Å². The van der Waals surface area contributed by atoms with Gasteiger partial charge in [0.2, 0.25) is 0 Å². The van der Waals surface area contributed by atoms with Crippen LogP contribution in [0.1, 0.15) is 99.3 Å². The molecule has 0 saturated heterocycles. The summed E-state index contributed by atoms with van der Waals surface area (Å²) in [4.78, 5) is 0. The Morgan fingerprint density at radius 1 is 0.600 bits per heavy atom. The Morgan fingerprint density at radius 3 is 1.30 bits per heavy atom. The van der Waals surface area contributed by atoms with Crippen LogP contribution in [0.15, 0.2) is 36.4 Å². The van der Waals surface area contributed by atoms with Crippen LogP contribution in [0.4, 0.5) is 11.4 Å². The lowest BCUT2D eigenvalue weighted by atomic mass is 9.85. The highest BCUT2D eigenvalue weighted by molar-refractivity contribution is 5.59. The van der Waals surface area contributed by atoms with E-state index in [1.807, 2.05) is 0 Å². The first-order valence-electron chi connectivity index (χ1n) is 12.2. The zero-order chi connectivity index (χ0) is 21.2. The maximum absolute atomic E-state index is 6.12. The highest BCUT2D eigenvalue weighted by Gasteiger charge is 2.48. The second-order valence-corrected chi connectivity index (χ2v) is 10.9. The van der Waals surface area contributed by atoms with Crippen LogP contribution in [-0.2, 0) is 0 Å². The van der Waals surface area contributed by atoms with Crippen molar-refractivity contribution in [2.45, 2.75) is 77.0 Å². The Labute approximate surface area is 182 Å². The fourth-order valence-electron chi connectivity index (χ4n) is 8.01. The molecule has 6 unspecified atom stereocenters. The highest BCUT2D eigenvalue weighted by atomic mass is 14.6. The molecular weight excluding hydrogens is 364 g/mol. The molecule has 6 rings (SSSR count). The van der Waals surface area contributed by atoms with Gasteiger partial charge in [0.1, 0.15) is 0 Å². The van der Waals surface area contributed by atoms with Crippen molar-refractivity contribution in [1.29, 1.82) is 0 Å². The van der Waals surface area contributed by atoms with Gasteiger partial charge in [-0.15, -0.1) is 0 Å². The molecule has 4 N–H and O–H groups in total. The minimum Gasteiger partial charge on any atom is -0.398 e. The van der Waals surface area contributed by atoms with E-state index in [-0.39, 0.29) is 0 Å². The van der Waals surface area contributed by atoms with Crippen LogP contribution in [0.25, 0.3) is 0 Å². The summed E-state index contributed by atoms with van der Waals surface area (Å²) >= 11 is 0. The molecule has 2 heteroatoms. The van der Waals surface area contributed by atoms with Crippen molar-refractivity contribution in [3.8, 4) is 0 Å². The molecule has 2 fully saturated rings. The maximum atomic E-state index is 6.12. The molecule has 160 valence electrons. The van der Waals surface area contributed by atoms with Crippen LogP contribution in [-0.4, -0.2) is 0 Å². The molecule has 2 nitrogen and oxygen atoms in total. The van der Waals surface area contributed by atoms with E-state index in [0.717, 1.165) is 58.7 Å². The van der Waals surface area contributed by atoms with Crippen molar-refractivity contribution in [1.82, 2.24) is 0 Å². The standard InChI is InChI=1S/2C14H19N/c2*1-8(2)13-10-6-7-11(13)14-9(10)4-3-5-12(14)15/h2*3-5,8,10-11,13H,6-7,15H2,1-2H3. The number of nitrogens with two attached hydrogens (primary N) is 2. The Morgan fingerprint density at radius 2 is 0.967 bits per heavy atom. The molecule has 0 spiro atoms. The summed E-state index contributed by atoms with van der Waals surface area (Å²) in [5, 5.41) is 0. The predicted molar refractivity (Wildman–Crippen MR) is 128 cm³/mol. The van der Waals surface area contributed by atoms with E-state index >= 15 is 0 Å². The third-order valence-corrected chi connectivity index (χ3v) is 8.86. The first kappa shape index (κ1) is 20.0. The monoisotopic (exact) mass is 402 g/mol. The maximum Gasteiger partial charge on any atom is 0.0352 e. The largest absolute Gasteiger partial charge is 0.398 e. The Balaban J connectivity index is 0.000000128. The fraction of sp³-hybridized carbons (Fsp3) is 0.571. The fourth-order valence-corrected chi connectivity index (χ4v) is 8.01. The number of benzene rings is 2. The van der Waals surface area contributed by atoms with Gasteiger partial charge in [0.05, 0.1) is 0 Å². The highest BCUT2D eigenvalue weighted by Crippen LogP contribution is 2.61. The van der Waals surface area contributed by atoms with Gasteiger partial charge in [0.25, 0.3) is 0 Å². The normalized spacial score (nSPS) is 32.3. The topological polar surface area (TPSA) is 52.0 Å². The van der Waals surface area contributed by atoms with Gasteiger partial charge in [0.15, 0.2) is 0 Å². The molecular formula is C28H38N2. The lowest BCUT2D eigenvalue weighted by Crippen LogP contribution is -2.11. The van der Waals surface area contributed by atoms with Gasteiger partial charge in [-0.1, -0.05) is 52.0 Å². The number of anilines is 2. The van der Waals surface area contributed by atoms with Crippen molar-refractivity contribution in [3.05, 3.63) is 58.7 Å². The van der Waals surface area contributed by atoms with E-state index in [0.29, 0.717) is 0 Å². The summed E-state index contributed by atoms with van der Waals surface area (Å²) in [5.74, 6) is 6.39. The smallest absolute Gasteiger partial charge is 0.0352 e. The summed E-state index contributed by atoms with van der Waals surface area (Å²) in [7, 11) is 0. The van der Waals surface area contributed by atoms with Crippen molar-refractivity contribution >= 4 is 11.4 Å². The average molecular weight is 403 g/mol. The third-order valence-electron chi connectivity index (χ3n) is 8.86. The van der Waals surface area contributed by atoms with Crippen molar-refractivity contribution < 1.29 is 0 Å². The molecule has 0 amide bonds. The second-order valence-electron chi connectivity index (χ2n) is 10.9. The minimum absolute atomic E-state index is 0.756. The lowest BCUT2D eigenvalue weighted by molar-refractivity contribution is 0.352. The quantitative estimate of drug-likeness (QED) is 0.530. The number of hydrogen-bond acceptors (Lipinski definition) is 2. The molecule has 2 aromatic carbocycles. The number of hydrogen-bond donors (Lipinski definition) is 2. The lowest BCUT2D eigenvalue weighted by Gasteiger charge is -2.20. The summed E-state index contributed by atoms with van der Waals surface area (Å²) in [5.41, 5.74) is 20.4. The predicted octanol–water partition coefficient (Wildman–Crippen LogP) is 7.03. The molecule has 6 atom stereocenters. The Bertz CT molecular complexity index is 866. The Hall–Kier alpha value is -1.96. The summed E-state index contributed by atoms with van der Waals surface area (Å²) in [6.07, 6.45) is 5.47. The van der Waals surface area contributed by atoms with Crippen molar-refractivity contribution in [2.75, 3.05) is 11.5 Å². The van der Waals surface area contributed by atoms with Gasteiger partial charge < -0.3 is 11.5 Å². The molecule has 0 aliphatic heterocycles. The first-order chi connectivity index (χ1) is 14.4. The van der Waals surface area contributed by atoms with Gasteiger partial charge in [-0.3, -0.25) is 0 Å². The number of rotatable bonds is 2. The molecule has 30 heavy (non-hydrogen) atoms. The molecule has 2 aromatic rings. The first-order valence-corrected chi connectivity index (χ1v) is 12.2. The molecule has 4 aliphatic rings. The van der Waals surface area contributed by atoms with Crippen LogP contribution >= 0.6 is 0 Å². The van der Waals surface area contributed by atoms with Crippen LogP contribution < -0.4 is 11.5 Å². The molecule has 2 saturated carbocycles. The van der Waals surface area contributed by atoms with Gasteiger partial charge in [-0.25, -0.2) is 0 Å². The summed E-state index contributed by atoms with van der Waals surface area (Å²) in [6, 6.07) is 13.0. The second kappa shape index (κ2) is 7.32. The molecule has 4 bridgehead atoms. The van der Waals surface area contributed by atoms with E-state index in [2.05, 4.69) is 64.1 Å². The SMILES string of the molecule is CC(C)C1C2CCC1c1c(N)cccc12.CC(C)C1C2CCC1c1c(N)cccc12. The zero-order valence-electron chi connectivity index (χ0n) is 19.1. The van der Waals surface area contributed by atoms with Gasteiger partial charge in [-0.05, 0) is 107 Å². The summed E-state index contributed by atoms with van der Waals surface area (Å²) < 4.78 is 0. The van der Waals surface area contributed by atoms with E-state index in [1.54, 1.807) is 11.1 Å². The molecule has 4 aliphatic carbocycles.